The molecule has 8 heteroatoms. The number of fused-ring (bicyclic) bond motifs is 2. The fourth-order valence-electron chi connectivity index (χ4n) is 4.13. The van der Waals surface area contributed by atoms with E-state index in [1.54, 1.807) is 47.4 Å². The van der Waals surface area contributed by atoms with E-state index in [0.29, 0.717) is 33.0 Å². The van der Waals surface area contributed by atoms with Gasteiger partial charge in [-0.3, -0.25) is 19.3 Å². The summed E-state index contributed by atoms with van der Waals surface area (Å²) in [5, 5.41) is 0.697. The Morgan fingerprint density at radius 3 is 2.44 bits per heavy atom. The third-order valence-electron chi connectivity index (χ3n) is 5.72. The van der Waals surface area contributed by atoms with Crippen LogP contribution < -0.4 is 20.8 Å². The zero-order valence-corrected chi connectivity index (χ0v) is 18.8. The Bertz CT molecular complexity index is 1490. The molecule has 5 rings (SSSR count). The molecule has 7 nitrogen and oxygen atoms in total. The van der Waals surface area contributed by atoms with Crippen molar-refractivity contribution in [3.8, 4) is 5.75 Å². The van der Waals surface area contributed by atoms with Crippen LogP contribution in [0.3, 0.4) is 0 Å². The second kappa shape index (κ2) is 8.35. The third-order valence-corrected chi connectivity index (χ3v) is 5.96. The Balaban J connectivity index is 1.69. The number of amides is 2. The van der Waals surface area contributed by atoms with Crippen LogP contribution in [-0.4, -0.2) is 18.4 Å². The highest BCUT2D eigenvalue weighted by atomic mass is 35.5. The molecule has 2 heterocycles. The van der Waals surface area contributed by atoms with Crippen molar-refractivity contribution in [3.05, 3.63) is 104 Å². The minimum atomic E-state index is -0.727. The lowest BCUT2D eigenvalue weighted by molar-refractivity contribution is -0.119. The van der Waals surface area contributed by atoms with Gasteiger partial charge in [0, 0.05) is 10.7 Å². The van der Waals surface area contributed by atoms with Gasteiger partial charge in [-0.2, -0.15) is 0 Å². The van der Waals surface area contributed by atoms with Gasteiger partial charge in [0.1, 0.15) is 11.3 Å². The molecule has 2 amide bonds. The molecule has 4 aromatic rings. The number of carbonyl (C=O) groups excluding carboxylic acids is 2. The van der Waals surface area contributed by atoms with Crippen LogP contribution in [0.4, 0.5) is 5.69 Å². The fraction of sp³-hybridized carbons (Fsp3) is 0.115. The van der Waals surface area contributed by atoms with Gasteiger partial charge in [0.25, 0.3) is 11.8 Å². The summed E-state index contributed by atoms with van der Waals surface area (Å²) in [7, 11) is 0. The number of hydrogen-bond acceptors (Lipinski definition) is 5. The number of benzene rings is 3. The third kappa shape index (κ3) is 3.70. The van der Waals surface area contributed by atoms with Gasteiger partial charge < -0.3 is 14.9 Å². The van der Waals surface area contributed by atoms with Gasteiger partial charge in [-0.15, -0.1) is 0 Å². The van der Waals surface area contributed by atoms with Crippen LogP contribution in [0.15, 0.2) is 75.9 Å². The van der Waals surface area contributed by atoms with E-state index in [9.17, 15) is 14.4 Å². The quantitative estimate of drug-likeness (QED) is 0.462. The van der Waals surface area contributed by atoms with Gasteiger partial charge in [-0.25, -0.2) is 0 Å². The van der Waals surface area contributed by atoms with Crippen molar-refractivity contribution in [1.82, 2.24) is 0 Å². The summed E-state index contributed by atoms with van der Waals surface area (Å²) < 4.78 is 11.3. The molecule has 0 fully saturated rings. The van der Waals surface area contributed by atoms with Crippen LogP contribution in [0.1, 0.15) is 33.3 Å². The van der Waals surface area contributed by atoms with Gasteiger partial charge >= 0.3 is 0 Å². The molecule has 0 saturated carbocycles. The first kappa shape index (κ1) is 21.7. The highest BCUT2D eigenvalue weighted by molar-refractivity contribution is 6.31. The molecule has 1 aromatic heterocycles. The van der Waals surface area contributed by atoms with E-state index in [1.807, 2.05) is 31.2 Å². The summed E-state index contributed by atoms with van der Waals surface area (Å²) in [5.74, 6) is -0.564. The molecule has 1 aliphatic rings. The number of hydrogen-bond donors (Lipinski definition) is 1. The summed E-state index contributed by atoms with van der Waals surface area (Å²) >= 11 is 6.13. The van der Waals surface area contributed by atoms with E-state index >= 15 is 0 Å². The Hall–Kier alpha value is -4.10. The van der Waals surface area contributed by atoms with E-state index in [-0.39, 0.29) is 23.4 Å². The molecule has 0 radical (unpaired) electrons. The minimum Gasteiger partial charge on any atom is -0.484 e. The number of nitrogens with two attached hydrogens (primary N) is 1. The van der Waals surface area contributed by atoms with Crippen LogP contribution in [0, 0.1) is 6.92 Å². The van der Waals surface area contributed by atoms with Crippen molar-refractivity contribution in [2.75, 3.05) is 11.5 Å². The summed E-state index contributed by atoms with van der Waals surface area (Å²) in [4.78, 5) is 39.7. The molecule has 3 aromatic carbocycles. The first-order valence-corrected chi connectivity index (χ1v) is 10.9. The highest BCUT2D eigenvalue weighted by Gasteiger charge is 2.43. The monoisotopic (exact) mass is 474 g/mol. The molecular weight excluding hydrogens is 456 g/mol. The largest absolute Gasteiger partial charge is 0.484 e. The van der Waals surface area contributed by atoms with Crippen molar-refractivity contribution in [2.45, 2.75) is 13.0 Å². The zero-order chi connectivity index (χ0) is 24.0. The predicted octanol–water partition coefficient (Wildman–Crippen LogP) is 4.37. The van der Waals surface area contributed by atoms with Crippen molar-refractivity contribution < 1.29 is 18.7 Å². The molecule has 1 aliphatic heterocycles. The van der Waals surface area contributed by atoms with E-state index in [1.165, 1.54) is 0 Å². The number of primary amides is 1. The van der Waals surface area contributed by atoms with Crippen molar-refractivity contribution in [2.24, 2.45) is 5.73 Å². The Morgan fingerprint density at radius 2 is 1.76 bits per heavy atom. The van der Waals surface area contributed by atoms with Crippen LogP contribution in [0.25, 0.3) is 11.0 Å². The maximum Gasteiger partial charge on any atom is 0.295 e. The van der Waals surface area contributed by atoms with Gasteiger partial charge in [-0.1, -0.05) is 41.4 Å². The Kier molecular flexibility index (Phi) is 5.34. The maximum absolute atomic E-state index is 13.6. The molecule has 0 aliphatic carbocycles. The second-order valence-electron chi connectivity index (χ2n) is 8.05. The first-order chi connectivity index (χ1) is 16.3. The van der Waals surface area contributed by atoms with Crippen molar-refractivity contribution in [3.63, 3.8) is 0 Å². The van der Waals surface area contributed by atoms with E-state index < -0.39 is 17.9 Å². The van der Waals surface area contributed by atoms with E-state index in [0.717, 1.165) is 5.56 Å². The number of rotatable bonds is 5. The summed E-state index contributed by atoms with van der Waals surface area (Å²) in [6.45, 7) is 1.70. The number of halogens is 1. The lowest BCUT2D eigenvalue weighted by Gasteiger charge is -2.25. The number of ether oxygens (including phenoxy) is 1. The summed E-state index contributed by atoms with van der Waals surface area (Å²) in [5.41, 5.74) is 7.70. The predicted molar refractivity (Wildman–Crippen MR) is 128 cm³/mol. The van der Waals surface area contributed by atoms with Crippen molar-refractivity contribution >= 4 is 40.1 Å². The molecular formula is C26H19ClN2O5. The number of aryl methyl sites for hydroxylation is 1. The van der Waals surface area contributed by atoms with E-state index in [2.05, 4.69) is 0 Å². The molecule has 1 atom stereocenters. The second-order valence-corrected chi connectivity index (χ2v) is 8.49. The van der Waals surface area contributed by atoms with Crippen LogP contribution >= 0.6 is 11.6 Å². The van der Waals surface area contributed by atoms with Gasteiger partial charge in [-0.05, 0) is 55.0 Å². The zero-order valence-electron chi connectivity index (χ0n) is 18.1. The molecule has 2 N–H and O–H groups in total. The van der Waals surface area contributed by atoms with Crippen LogP contribution in [-0.2, 0) is 4.79 Å². The SMILES string of the molecule is Cc1ccc(N2C(=O)c3oc4ccc(Cl)cc4c(=O)c3C2c2ccc(OCC(N)=O)cc2)cc1. The molecule has 0 bridgehead atoms. The Labute approximate surface area is 199 Å². The summed E-state index contributed by atoms with van der Waals surface area (Å²) in [6.07, 6.45) is 0. The smallest absolute Gasteiger partial charge is 0.295 e. The molecule has 0 spiro atoms. The standard InChI is InChI=1S/C26H19ClN2O5/c1-14-2-7-17(8-3-14)29-23(15-4-9-18(10-5-15)33-13-21(28)30)22-24(31)19-12-16(27)6-11-20(19)34-25(22)26(29)32/h2-12,23H,13H2,1H3,(H2,28,30). The minimum absolute atomic E-state index is 0.000507. The topological polar surface area (TPSA) is 103 Å². The van der Waals surface area contributed by atoms with Gasteiger partial charge in [0.2, 0.25) is 5.76 Å². The molecule has 1 unspecified atom stereocenters. The van der Waals surface area contributed by atoms with Crippen LogP contribution in [0.5, 0.6) is 5.75 Å². The fourth-order valence-corrected chi connectivity index (χ4v) is 4.31. The average Bonchev–Trinajstić information content (AvgIpc) is 3.11. The van der Waals surface area contributed by atoms with Gasteiger partial charge in [0.05, 0.1) is 17.0 Å². The molecule has 34 heavy (non-hydrogen) atoms. The van der Waals surface area contributed by atoms with Crippen molar-refractivity contribution in [1.29, 1.82) is 0 Å². The maximum atomic E-state index is 13.6. The number of nitrogens with zero attached hydrogens (tertiary/aromatic N) is 1. The lowest BCUT2D eigenvalue weighted by atomic mass is 9.98. The van der Waals surface area contributed by atoms with E-state index in [4.69, 9.17) is 26.5 Å². The Morgan fingerprint density at radius 1 is 1.06 bits per heavy atom. The highest BCUT2D eigenvalue weighted by Crippen LogP contribution is 2.41. The van der Waals surface area contributed by atoms with Crippen LogP contribution in [0.2, 0.25) is 5.02 Å². The number of carbonyl (C=O) groups is 2. The molecule has 170 valence electrons. The summed E-state index contributed by atoms with van der Waals surface area (Å²) in [6, 6.07) is 18.3. The van der Waals surface area contributed by atoms with Gasteiger partial charge in [0.15, 0.2) is 12.0 Å². The normalized spacial score (nSPS) is 14.9. The lowest BCUT2D eigenvalue weighted by Crippen LogP contribution is -2.29. The number of anilines is 1. The first-order valence-electron chi connectivity index (χ1n) is 10.5. The molecule has 0 saturated heterocycles. The average molecular weight is 475 g/mol.